The molecular formula is C10H12O4. The van der Waals surface area contributed by atoms with Gasteiger partial charge >= 0.3 is 5.97 Å². The summed E-state index contributed by atoms with van der Waals surface area (Å²) in [6.45, 7) is 0.995. The normalized spacial score (nSPS) is 20.6. The van der Waals surface area contributed by atoms with Crippen molar-refractivity contribution >= 4 is 5.97 Å². The van der Waals surface area contributed by atoms with Gasteiger partial charge in [0.2, 0.25) is 0 Å². The van der Waals surface area contributed by atoms with Crippen molar-refractivity contribution in [1.29, 1.82) is 0 Å². The van der Waals surface area contributed by atoms with Crippen molar-refractivity contribution in [3.05, 3.63) is 24.2 Å². The van der Waals surface area contributed by atoms with E-state index in [2.05, 4.69) is 0 Å². The second-order valence-electron chi connectivity index (χ2n) is 3.51. The molecule has 1 aromatic rings. The zero-order valence-corrected chi connectivity index (χ0v) is 7.73. The highest BCUT2D eigenvalue weighted by Crippen LogP contribution is 2.35. The van der Waals surface area contributed by atoms with E-state index >= 15 is 0 Å². The summed E-state index contributed by atoms with van der Waals surface area (Å²) in [7, 11) is 0. The molecule has 1 aromatic heterocycles. The average molecular weight is 196 g/mol. The van der Waals surface area contributed by atoms with Gasteiger partial charge in [0.25, 0.3) is 0 Å². The summed E-state index contributed by atoms with van der Waals surface area (Å²) in [6.07, 6.45) is 4.05. The quantitative estimate of drug-likeness (QED) is 0.776. The van der Waals surface area contributed by atoms with Gasteiger partial charge in [-0.15, -0.1) is 0 Å². The Labute approximate surface area is 81.5 Å². The van der Waals surface area contributed by atoms with Crippen molar-refractivity contribution < 1.29 is 19.1 Å². The van der Waals surface area contributed by atoms with Gasteiger partial charge in [0.05, 0.1) is 12.5 Å². The molecule has 76 valence electrons. The number of aliphatic carboxylic acids is 1. The molecule has 1 saturated heterocycles. The van der Waals surface area contributed by atoms with Gasteiger partial charge in [-0.2, -0.15) is 0 Å². The fourth-order valence-corrected chi connectivity index (χ4v) is 1.88. The van der Waals surface area contributed by atoms with Crippen LogP contribution in [0.15, 0.2) is 23.0 Å². The van der Waals surface area contributed by atoms with Crippen LogP contribution >= 0.6 is 0 Å². The van der Waals surface area contributed by atoms with Crippen molar-refractivity contribution in [3.63, 3.8) is 0 Å². The van der Waals surface area contributed by atoms with Crippen LogP contribution < -0.4 is 0 Å². The monoisotopic (exact) mass is 196 g/mol. The second-order valence-corrected chi connectivity index (χ2v) is 3.51. The van der Waals surface area contributed by atoms with Crippen LogP contribution in [0, 0.1) is 0 Å². The van der Waals surface area contributed by atoms with E-state index in [0.717, 1.165) is 5.56 Å². The van der Waals surface area contributed by atoms with Gasteiger partial charge in [-0.3, -0.25) is 4.79 Å². The van der Waals surface area contributed by atoms with Gasteiger partial charge in [0, 0.05) is 18.8 Å². The van der Waals surface area contributed by atoms with Crippen molar-refractivity contribution in [2.45, 2.75) is 18.3 Å². The van der Waals surface area contributed by atoms with E-state index in [9.17, 15) is 9.90 Å². The zero-order valence-electron chi connectivity index (χ0n) is 7.73. The van der Waals surface area contributed by atoms with E-state index < -0.39 is 11.4 Å². The molecule has 0 unspecified atom stereocenters. The third kappa shape index (κ3) is 1.32. The van der Waals surface area contributed by atoms with Crippen molar-refractivity contribution in [2.24, 2.45) is 0 Å². The maximum absolute atomic E-state index is 11.3. The molecule has 4 nitrogen and oxygen atoms in total. The zero-order chi connectivity index (χ0) is 10.0. The lowest BCUT2D eigenvalue weighted by molar-refractivity contribution is -0.147. The third-order valence-corrected chi connectivity index (χ3v) is 2.83. The molecule has 0 aromatic carbocycles. The highest BCUT2D eigenvalue weighted by Gasteiger charge is 2.42. The number of furan rings is 1. The SMILES string of the molecule is O=C(O)C1(c2ccoc2)CCOCC1. The summed E-state index contributed by atoms with van der Waals surface area (Å²) in [4.78, 5) is 11.3. The number of carboxylic acid groups (broad SMARTS) is 1. The summed E-state index contributed by atoms with van der Waals surface area (Å²) in [6, 6.07) is 1.72. The summed E-state index contributed by atoms with van der Waals surface area (Å²) in [5.41, 5.74) is -0.0566. The highest BCUT2D eigenvalue weighted by molar-refractivity contribution is 5.81. The lowest BCUT2D eigenvalue weighted by Gasteiger charge is -2.32. The lowest BCUT2D eigenvalue weighted by atomic mass is 9.75. The first kappa shape index (κ1) is 9.27. The smallest absolute Gasteiger partial charge is 0.314 e. The molecule has 14 heavy (non-hydrogen) atoms. The van der Waals surface area contributed by atoms with Crippen LogP contribution in [-0.4, -0.2) is 24.3 Å². The predicted molar refractivity (Wildman–Crippen MR) is 48.1 cm³/mol. The summed E-state index contributed by atoms with van der Waals surface area (Å²) in [5, 5.41) is 9.26. The minimum atomic E-state index is -0.800. The van der Waals surface area contributed by atoms with Crippen LogP contribution in [-0.2, 0) is 14.9 Å². The van der Waals surface area contributed by atoms with E-state index in [4.69, 9.17) is 9.15 Å². The molecule has 1 aliphatic rings. The average Bonchev–Trinajstić information content (AvgIpc) is 2.72. The molecule has 0 bridgehead atoms. The Hall–Kier alpha value is -1.29. The summed E-state index contributed by atoms with van der Waals surface area (Å²) < 4.78 is 10.1. The first-order valence-corrected chi connectivity index (χ1v) is 4.59. The molecule has 1 aliphatic heterocycles. The summed E-state index contributed by atoms with van der Waals surface area (Å²) in [5.74, 6) is -0.790. The van der Waals surface area contributed by atoms with Crippen molar-refractivity contribution in [2.75, 3.05) is 13.2 Å². The molecule has 2 rings (SSSR count). The van der Waals surface area contributed by atoms with Gasteiger partial charge < -0.3 is 14.3 Å². The topological polar surface area (TPSA) is 59.7 Å². The van der Waals surface area contributed by atoms with Crippen LogP contribution in [0.2, 0.25) is 0 Å². The number of rotatable bonds is 2. The minimum Gasteiger partial charge on any atom is -0.481 e. The Balaban J connectivity index is 2.35. The molecule has 0 amide bonds. The van der Waals surface area contributed by atoms with Gasteiger partial charge in [-0.25, -0.2) is 0 Å². The number of carbonyl (C=O) groups is 1. The van der Waals surface area contributed by atoms with E-state index in [1.54, 1.807) is 6.07 Å². The molecule has 0 radical (unpaired) electrons. The Morgan fingerprint density at radius 1 is 1.43 bits per heavy atom. The van der Waals surface area contributed by atoms with E-state index in [-0.39, 0.29) is 0 Å². The number of hydrogen-bond acceptors (Lipinski definition) is 3. The van der Waals surface area contributed by atoms with Gasteiger partial charge in [0.1, 0.15) is 5.41 Å². The first-order valence-electron chi connectivity index (χ1n) is 4.59. The maximum atomic E-state index is 11.3. The highest BCUT2D eigenvalue weighted by atomic mass is 16.5. The minimum absolute atomic E-state index is 0.498. The van der Waals surface area contributed by atoms with Crippen LogP contribution in [0.25, 0.3) is 0 Å². The lowest BCUT2D eigenvalue weighted by Crippen LogP contribution is -2.40. The van der Waals surface area contributed by atoms with Gasteiger partial charge in [-0.05, 0) is 18.9 Å². The van der Waals surface area contributed by atoms with Gasteiger partial charge in [0.15, 0.2) is 0 Å². The van der Waals surface area contributed by atoms with E-state index in [1.165, 1.54) is 12.5 Å². The molecule has 0 spiro atoms. The van der Waals surface area contributed by atoms with Crippen molar-refractivity contribution in [3.8, 4) is 0 Å². The Kier molecular flexibility index (Phi) is 2.29. The molecule has 1 N–H and O–H groups in total. The molecule has 0 atom stereocenters. The molecule has 0 saturated carbocycles. The van der Waals surface area contributed by atoms with Crippen LogP contribution in [0.1, 0.15) is 18.4 Å². The number of carboxylic acids is 1. The Morgan fingerprint density at radius 2 is 2.14 bits per heavy atom. The van der Waals surface area contributed by atoms with E-state index in [0.29, 0.717) is 26.1 Å². The molecular weight excluding hydrogens is 184 g/mol. The third-order valence-electron chi connectivity index (χ3n) is 2.83. The van der Waals surface area contributed by atoms with Crippen LogP contribution in [0.3, 0.4) is 0 Å². The molecule has 4 heteroatoms. The summed E-state index contributed by atoms with van der Waals surface area (Å²) >= 11 is 0. The van der Waals surface area contributed by atoms with Crippen LogP contribution in [0.4, 0.5) is 0 Å². The Bertz CT molecular complexity index is 309. The maximum Gasteiger partial charge on any atom is 0.314 e. The van der Waals surface area contributed by atoms with Crippen molar-refractivity contribution in [1.82, 2.24) is 0 Å². The predicted octanol–water partition coefficient (Wildman–Crippen LogP) is 1.41. The van der Waals surface area contributed by atoms with Crippen LogP contribution in [0.5, 0.6) is 0 Å². The molecule has 0 aliphatic carbocycles. The Morgan fingerprint density at radius 3 is 2.64 bits per heavy atom. The standard InChI is InChI=1S/C10H12O4/c11-9(12)10(2-5-13-6-3-10)8-1-4-14-7-8/h1,4,7H,2-3,5-6H2,(H,11,12). The fraction of sp³-hybridized carbons (Fsp3) is 0.500. The number of hydrogen-bond donors (Lipinski definition) is 1. The van der Waals surface area contributed by atoms with E-state index in [1.807, 2.05) is 0 Å². The molecule has 1 fully saturated rings. The first-order chi connectivity index (χ1) is 6.76. The number of ether oxygens (including phenoxy) is 1. The second kappa shape index (κ2) is 3.46. The largest absolute Gasteiger partial charge is 0.481 e. The van der Waals surface area contributed by atoms with Gasteiger partial charge in [-0.1, -0.05) is 0 Å². The fourth-order valence-electron chi connectivity index (χ4n) is 1.88. The molecule has 2 heterocycles.